The van der Waals surface area contributed by atoms with E-state index in [1.165, 1.54) is 4.90 Å². The van der Waals surface area contributed by atoms with Crippen molar-refractivity contribution in [3.8, 4) is 0 Å². The molecule has 17 heavy (non-hydrogen) atoms. The summed E-state index contributed by atoms with van der Waals surface area (Å²) >= 11 is 0. The van der Waals surface area contributed by atoms with Crippen molar-refractivity contribution < 1.29 is 14.3 Å². The summed E-state index contributed by atoms with van der Waals surface area (Å²) in [5.41, 5.74) is 0. The maximum absolute atomic E-state index is 11.7. The molecule has 0 aliphatic carbocycles. The van der Waals surface area contributed by atoms with Crippen molar-refractivity contribution in [1.29, 1.82) is 0 Å². The van der Waals surface area contributed by atoms with Gasteiger partial charge in [-0.3, -0.25) is 9.59 Å². The molecule has 2 N–H and O–H groups in total. The van der Waals surface area contributed by atoms with Crippen molar-refractivity contribution in [2.45, 2.75) is 6.42 Å². The first-order valence-electron chi connectivity index (χ1n) is 5.86. The maximum Gasteiger partial charge on any atom is 0.239 e. The predicted octanol–water partition coefficient (Wildman–Crippen LogP) is -1.18. The van der Waals surface area contributed by atoms with E-state index in [9.17, 15) is 9.59 Å². The fourth-order valence-electron chi connectivity index (χ4n) is 1.57. The molecular weight excluding hydrogens is 222 g/mol. The molecule has 1 saturated heterocycles. The molecular formula is C11H21N3O3. The Labute approximate surface area is 102 Å². The Balaban J connectivity index is 2.13. The van der Waals surface area contributed by atoms with Crippen LogP contribution < -0.4 is 10.6 Å². The lowest BCUT2D eigenvalue weighted by Gasteiger charge is -2.29. The van der Waals surface area contributed by atoms with Crippen molar-refractivity contribution in [2.75, 3.05) is 46.9 Å². The molecule has 0 spiro atoms. The van der Waals surface area contributed by atoms with Crippen LogP contribution in [0.1, 0.15) is 6.42 Å². The number of methoxy groups -OCH3 is 1. The Morgan fingerprint density at radius 3 is 2.71 bits per heavy atom. The zero-order valence-electron chi connectivity index (χ0n) is 10.5. The van der Waals surface area contributed by atoms with Gasteiger partial charge in [-0.15, -0.1) is 0 Å². The first kappa shape index (κ1) is 13.9. The lowest BCUT2D eigenvalue weighted by atomic mass is 10.0. The van der Waals surface area contributed by atoms with Crippen LogP contribution in [-0.2, 0) is 14.3 Å². The van der Waals surface area contributed by atoms with Gasteiger partial charge in [0.15, 0.2) is 0 Å². The highest BCUT2D eigenvalue weighted by Gasteiger charge is 2.28. The lowest BCUT2D eigenvalue weighted by molar-refractivity contribution is -0.139. The van der Waals surface area contributed by atoms with Gasteiger partial charge >= 0.3 is 0 Å². The minimum Gasteiger partial charge on any atom is -0.385 e. The molecule has 0 aromatic rings. The quantitative estimate of drug-likeness (QED) is 0.552. The van der Waals surface area contributed by atoms with Gasteiger partial charge in [-0.25, -0.2) is 0 Å². The third kappa shape index (κ3) is 4.70. The van der Waals surface area contributed by atoms with E-state index >= 15 is 0 Å². The van der Waals surface area contributed by atoms with Crippen molar-refractivity contribution in [3.63, 3.8) is 0 Å². The monoisotopic (exact) mass is 243 g/mol. The average Bonchev–Trinajstić information content (AvgIpc) is 2.22. The number of nitrogens with one attached hydrogen (secondary N) is 2. The number of nitrogens with zero attached hydrogens (tertiary/aromatic N) is 1. The number of rotatable bonds is 7. The summed E-state index contributed by atoms with van der Waals surface area (Å²) in [6.07, 6.45) is 0.784. The van der Waals surface area contributed by atoms with Crippen LogP contribution in [0.3, 0.4) is 0 Å². The second kappa shape index (κ2) is 7.24. The zero-order valence-corrected chi connectivity index (χ0v) is 10.5. The van der Waals surface area contributed by atoms with Gasteiger partial charge < -0.3 is 20.3 Å². The van der Waals surface area contributed by atoms with E-state index in [1.54, 1.807) is 14.2 Å². The van der Waals surface area contributed by atoms with Crippen LogP contribution in [0, 0.1) is 5.92 Å². The standard InChI is InChI=1S/C11H21N3O3/c1-14(11(16)9-6-12-7-9)8-10(15)13-4-3-5-17-2/h9,12H,3-8H2,1-2H3,(H,13,15). The van der Waals surface area contributed by atoms with Crippen LogP contribution in [-0.4, -0.2) is 63.7 Å². The van der Waals surface area contributed by atoms with Crippen LogP contribution in [0.25, 0.3) is 0 Å². The fraction of sp³-hybridized carbons (Fsp3) is 0.818. The van der Waals surface area contributed by atoms with Crippen molar-refractivity contribution in [2.24, 2.45) is 5.92 Å². The second-order valence-corrected chi connectivity index (χ2v) is 4.25. The fourth-order valence-corrected chi connectivity index (χ4v) is 1.57. The predicted molar refractivity (Wildman–Crippen MR) is 63.5 cm³/mol. The number of hydrogen-bond acceptors (Lipinski definition) is 4. The van der Waals surface area contributed by atoms with E-state index < -0.39 is 0 Å². The van der Waals surface area contributed by atoms with Gasteiger partial charge in [0.05, 0.1) is 12.5 Å². The molecule has 6 nitrogen and oxygen atoms in total. The highest BCUT2D eigenvalue weighted by Crippen LogP contribution is 2.06. The average molecular weight is 243 g/mol. The Morgan fingerprint density at radius 2 is 2.18 bits per heavy atom. The van der Waals surface area contributed by atoms with Gasteiger partial charge in [0.25, 0.3) is 0 Å². The number of carbonyl (C=O) groups is 2. The Hall–Kier alpha value is -1.14. The van der Waals surface area contributed by atoms with Gasteiger partial charge in [0.1, 0.15) is 0 Å². The van der Waals surface area contributed by atoms with Crippen molar-refractivity contribution >= 4 is 11.8 Å². The number of amides is 2. The summed E-state index contributed by atoms with van der Waals surface area (Å²) in [5.74, 6) is -0.0404. The van der Waals surface area contributed by atoms with Gasteiger partial charge in [-0.2, -0.15) is 0 Å². The zero-order chi connectivity index (χ0) is 12.7. The highest BCUT2D eigenvalue weighted by atomic mass is 16.5. The van der Waals surface area contributed by atoms with Crippen LogP contribution in [0.4, 0.5) is 0 Å². The van der Waals surface area contributed by atoms with Crippen LogP contribution in [0.15, 0.2) is 0 Å². The van der Waals surface area contributed by atoms with E-state index in [2.05, 4.69) is 10.6 Å². The third-order valence-electron chi connectivity index (χ3n) is 2.74. The molecule has 1 rings (SSSR count). The van der Waals surface area contributed by atoms with Crippen LogP contribution in [0.5, 0.6) is 0 Å². The Morgan fingerprint density at radius 1 is 1.47 bits per heavy atom. The Kier molecular flexibility index (Phi) is 5.93. The molecule has 0 bridgehead atoms. The molecule has 1 aliphatic rings. The van der Waals surface area contributed by atoms with E-state index in [4.69, 9.17) is 4.74 Å². The molecule has 1 fully saturated rings. The van der Waals surface area contributed by atoms with Gasteiger partial charge in [-0.1, -0.05) is 0 Å². The molecule has 0 unspecified atom stereocenters. The minimum absolute atomic E-state index is 0.0378. The molecule has 6 heteroatoms. The molecule has 0 radical (unpaired) electrons. The van der Waals surface area contributed by atoms with E-state index in [0.717, 1.165) is 19.5 Å². The normalized spacial score (nSPS) is 15.2. The smallest absolute Gasteiger partial charge is 0.239 e. The van der Waals surface area contributed by atoms with Gasteiger partial charge in [-0.05, 0) is 6.42 Å². The summed E-state index contributed by atoms with van der Waals surface area (Å²) < 4.78 is 4.87. The SMILES string of the molecule is COCCCNC(=O)CN(C)C(=O)C1CNC1. The van der Waals surface area contributed by atoms with E-state index in [-0.39, 0.29) is 24.3 Å². The summed E-state index contributed by atoms with van der Waals surface area (Å²) in [6.45, 7) is 2.78. The van der Waals surface area contributed by atoms with Crippen LogP contribution in [0.2, 0.25) is 0 Å². The Bertz CT molecular complexity index is 267. The molecule has 0 aromatic carbocycles. The number of carbonyl (C=O) groups excluding carboxylic acids is 2. The minimum atomic E-state index is -0.121. The maximum atomic E-state index is 11.7. The largest absolute Gasteiger partial charge is 0.385 e. The molecule has 0 saturated carbocycles. The second-order valence-electron chi connectivity index (χ2n) is 4.25. The molecule has 1 aliphatic heterocycles. The van der Waals surface area contributed by atoms with Crippen molar-refractivity contribution in [3.05, 3.63) is 0 Å². The van der Waals surface area contributed by atoms with E-state index in [1.807, 2.05) is 0 Å². The van der Waals surface area contributed by atoms with Crippen LogP contribution >= 0.6 is 0 Å². The summed E-state index contributed by atoms with van der Waals surface area (Å²) in [5, 5.41) is 5.79. The van der Waals surface area contributed by atoms with Gasteiger partial charge in [0.2, 0.25) is 11.8 Å². The highest BCUT2D eigenvalue weighted by molar-refractivity contribution is 5.86. The summed E-state index contributed by atoms with van der Waals surface area (Å²) in [7, 11) is 3.29. The molecule has 98 valence electrons. The summed E-state index contributed by atoms with van der Waals surface area (Å²) in [4.78, 5) is 24.7. The first-order valence-corrected chi connectivity index (χ1v) is 5.86. The molecule has 0 atom stereocenters. The topological polar surface area (TPSA) is 70.7 Å². The first-order chi connectivity index (χ1) is 8.15. The van der Waals surface area contributed by atoms with E-state index in [0.29, 0.717) is 13.2 Å². The van der Waals surface area contributed by atoms with Crippen molar-refractivity contribution in [1.82, 2.24) is 15.5 Å². The lowest BCUT2D eigenvalue weighted by Crippen LogP contribution is -2.52. The molecule has 2 amide bonds. The summed E-state index contributed by atoms with van der Waals surface area (Å²) in [6, 6.07) is 0. The number of likely N-dealkylation sites (N-methyl/N-ethyl adjacent to an activating group) is 1. The number of hydrogen-bond donors (Lipinski definition) is 2. The third-order valence-corrected chi connectivity index (χ3v) is 2.74. The molecule has 1 heterocycles. The van der Waals surface area contributed by atoms with Gasteiger partial charge in [0, 0.05) is 40.4 Å². The number of ether oxygens (including phenoxy) is 1. The molecule has 0 aromatic heterocycles.